The summed E-state index contributed by atoms with van der Waals surface area (Å²) in [5.41, 5.74) is 6.64. The molecule has 0 heterocycles. The maximum Gasteiger partial charge on any atom is 0.106 e. The largest absolute Gasteiger partial charge is 0.494 e. The molecular weight excluding hydrogens is 448 g/mol. The SMILES string of the molecule is CC(C)=CCOC1=CC=C(CCNCOCc2ccc(N=Nc3ccc(N(C)C)cc3)cc2)CC1C. The third-order valence-electron chi connectivity index (χ3n) is 5.96. The molecule has 192 valence electrons. The van der Waals surface area contributed by atoms with Gasteiger partial charge in [-0.05, 0) is 80.8 Å². The standard InChI is InChI=1S/C30H40N4O2/c1-23(2)17-19-36-30-15-8-25(20-24(30)3)16-18-31-22-35-21-26-6-9-27(10-7-26)32-33-28-11-13-29(14-12-28)34(4)5/h6-15,17,24,31H,16,18-22H2,1-5H3. The number of azo groups is 1. The third-order valence-corrected chi connectivity index (χ3v) is 5.96. The first-order valence-corrected chi connectivity index (χ1v) is 12.6. The van der Waals surface area contributed by atoms with Gasteiger partial charge in [0, 0.05) is 32.2 Å². The van der Waals surface area contributed by atoms with Crippen LogP contribution in [0.4, 0.5) is 17.1 Å². The molecule has 0 radical (unpaired) electrons. The molecule has 0 saturated heterocycles. The molecule has 0 amide bonds. The van der Waals surface area contributed by atoms with Crippen LogP contribution in [0, 0.1) is 5.92 Å². The van der Waals surface area contributed by atoms with Crippen LogP contribution in [0.25, 0.3) is 0 Å². The fourth-order valence-electron chi connectivity index (χ4n) is 3.76. The molecule has 0 aromatic heterocycles. The Bertz CT molecular complexity index is 1060. The highest BCUT2D eigenvalue weighted by Crippen LogP contribution is 2.27. The van der Waals surface area contributed by atoms with Crippen molar-refractivity contribution < 1.29 is 9.47 Å². The Labute approximate surface area is 216 Å². The van der Waals surface area contributed by atoms with Crippen LogP contribution in [-0.2, 0) is 16.1 Å². The number of anilines is 1. The Balaban J connectivity index is 1.32. The van der Waals surface area contributed by atoms with Gasteiger partial charge in [0.25, 0.3) is 0 Å². The average molecular weight is 489 g/mol. The number of hydrogen-bond acceptors (Lipinski definition) is 6. The molecule has 0 spiro atoms. The zero-order chi connectivity index (χ0) is 25.8. The highest BCUT2D eigenvalue weighted by Gasteiger charge is 2.15. The van der Waals surface area contributed by atoms with E-state index in [4.69, 9.17) is 9.47 Å². The molecular formula is C30H40N4O2. The summed E-state index contributed by atoms with van der Waals surface area (Å²) in [7, 11) is 4.04. The molecule has 6 nitrogen and oxygen atoms in total. The third kappa shape index (κ3) is 9.44. The number of allylic oxidation sites excluding steroid dienone is 4. The first-order chi connectivity index (χ1) is 17.4. The zero-order valence-electron chi connectivity index (χ0n) is 22.3. The van der Waals surface area contributed by atoms with E-state index < -0.39 is 0 Å². The van der Waals surface area contributed by atoms with E-state index in [2.05, 4.69) is 59.4 Å². The number of ether oxygens (including phenoxy) is 2. The Kier molecular flexibility index (Phi) is 10.9. The Morgan fingerprint density at radius 3 is 2.28 bits per heavy atom. The quantitative estimate of drug-likeness (QED) is 0.138. The lowest BCUT2D eigenvalue weighted by Crippen LogP contribution is -2.20. The van der Waals surface area contributed by atoms with Gasteiger partial charge in [0.2, 0.25) is 0 Å². The molecule has 6 heteroatoms. The van der Waals surface area contributed by atoms with Gasteiger partial charge in [-0.25, -0.2) is 0 Å². The summed E-state index contributed by atoms with van der Waals surface area (Å²) in [5, 5.41) is 12.0. The molecule has 1 N–H and O–H groups in total. The van der Waals surface area contributed by atoms with E-state index in [0.29, 0.717) is 25.9 Å². The summed E-state index contributed by atoms with van der Waals surface area (Å²) < 4.78 is 11.7. The maximum absolute atomic E-state index is 5.90. The second kappa shape index (κ2) is 14.4. The van der Waals surface area contributed by atoms with Crippen molar-refractivity contribution in [2.24, 2.45) is 16.1 Å². The summed E-state index contributed by atoms with van der Waals surface area (Å²) in [6.07, 6.45) is 8.52. The summed E-state index contributed by atoms with van der Waals surface area (Å²) >= 11 is 0. The maximum atomic E-state index is 5.90. The van der Waals surface area contributed by atoms with Crippen LogP contribution in [0.2, 0.25) is 0 Å². The minimum Gasteiger partial charge on any atom is -0.494 e. The molecule has 2 aromatic rings. The van der Waals surface area contributed by atoms with Crippen LogP contribution in [0.1, 0.15) is 39.2 Å². The van der Waals surface area contributed by atoms with Crippen LogP contribution >= 0.6 is 0 Å². The van der Waals surface area contributed by atoms with E-state index in [9.17, 15) is 0 Å². The van der Waals surface area contributed by atoms with E-state index in [1.54, 1.807) is 0 Å². The van der Waals surface area contributed by atoms with Crippen molar-refractivity contribution in [3.63, 3.8) is 0 Å². The van der Waals surface area contributed by atoms with Gasteiger partial charge >= 0.3 is 0 Å². The predicted octanol–water partition coefficient (Wildman–Crippen LogP) is 7.45. The molecule has 1 unspecified atom stereocenters. The highest BCUT2D eigenvalue weighted by atomic mass is 16.5. The van der Waals surface area contributed by atoms with Gasteiger partial charge in [-0.2, -0.15) is 10.2 Å². The van der Waals surface area contributed by atoms with Gasteiger partial charge < -0.3 is 14.4 Å². The average Bonchev–Trinajstić information content (AvgIpc) is 2.87. The van der Waals surface area contributed by atoms with Crippen molar-refractivity contribution in [3.05, 3.63) is 89.2 Å². The summed E-state index contributed by atoms with van der Waals surface area (Å²) in [6, 6.07) is 16.0. The Hall–Kier alpha value is -3.22. The lowest BCUT2D eigenvalue weighted by Gasteiger charge is -2.22. The normalized spacial score (nSPS) is 15.4. The van der Waals surface area contributed by atoms with Crippen molar-refractivity contribution >= 4 is 17.1 Å². The van der Waals surface area contributed by atoms with E-state index >= 15 is 0 Å². The summed E-state index contributed by atoms with van der Waals surface area (Å²) in [4.78, 5) is 2.06. The molecule has 36 heavy (non-hydrogen) atoms. The molecule has 0 saturated carbocycles. The fourth-order valence-corrected chi connectivity index (χ4v) is 3.76. The molecule has 1 atom stereocenters. The molecule has 1 aliphatic rings. The second-order valence-corrected chi connectivity index (χ2v) is 9.61. The van der Waals surface area contributed by atoms with Crippen LogP contribution < -0.4 is 10.2 Å². The van der Waals surface area contributed by atoms with Gasteiger partial charge in [-0.1, -0.05) is 36.3 Å². The number of rotatable bonds is 13. The monoisotopic (exact) mass is 488 g/mol. The molecule has 3 rings (SSSR count). The van der Waals surface area contributed by atoms with Crippen molar-refractivity contribution in [1.82, 2.24) is 5.32 Å². The highest BCUT2D eigenvalue weighted by molar-refractivity contribution is 5.52. The second-order valence-electron chi connectivity index (χ2n) is 9.61. The van der Waals surface area contributed by atoms with Gasteiger partial charge in [-0.3, -0.25) is 5.32 Å². The Morgan fingerprint density at radius 1 is 1.00 bits per heavy atom. The lowest BCUT2D eigenvalue weighted by atomic mass is 9.92. The van der Waals surface area contributed by atoms with Crippen LogP contribution in [0.3, 0.4) is 0 Å². The van der Waals surface area contributed by atoms with E-state index in [1.165, 1.54) is 11.1 Å². The van der Waals surface area contributed by atoms with E-state index in [0.717, 1.165) is 47.8 Å². The summed E-state index contributed by atoms with van der Waals surface area (Å²) in [6.45, 7) is 9.05. The molecule has 1 aliphatic carbocycles. The fraction of sp³-hybridized carbons (Fsp3) is 0.400. The van der Waals surface area contributed by atoms with Crippen LogP contribution in [0.15, 0.2) is 93.9 Å². The lowest BCUT2D eigenvalue weighted by molar-refractivity contribution is 0.104. The smallest absolute Gasteiger partial charge is 0.106 e. The van der Waals surface area contributed by atoms with Crippen molar-refractivity contribution in [1.29, 1.82) is 0 Å². The van der Waals surface area contributed by atoms with Gasteiger partial charge in [-0.15, -0.1) is 0 Å². The van der Waals surface area contributed by atoms with Gasteiger partial charge in [0.05, 0.1) is 30.5 Å². The molecule has 2 aromatic carbocycles. The molecule has 0 fully saturated rings. The van der Waals surface area contributed by atoms with Gasteiger partial charge in [0.15, 0.2) is 0 Å². The van der Waals surface area contributed by atoms with E-state index in [-0.39, 0.29) is 0 Å². The minimum absolute atomic E-state index is 0.429. The zero-order valence-corrected chi connectivity index (χ0v) is 22.3. The van der Waals surface area contributed by atoms with Crippen LogP contribution in [-0.4, -0.2) is 34.0 Å². The molecule has 0 aliphatic heterocycles. The topological polar surface area (TPSA) is 58.4 Å². The van der Waals surface area contributed by atoms with Gasteiger partial charge in [0.1, 0.15) is 6.61 Å². The van der Waals surface area contributed by atoms with Crippen molar-refractivity contribution in [2.75, 3.05) is 38.9 Å². The predicted molar refractivity (Wildman–Crippen MR) is 149 cm³/mol. The minimum atomic E-state index is 0.429. The van der Waals surface area contributed by atoms with Crippen LogP contribution in [0.5, 0.6) is 0 Å². The number of nitrogens with zero attached hydrogens (tertiary/aromatic N) is 3. The Morgan fingerprint density at radius 2 is 1.67 bits per heavy atom. The van der Waals surface area contributed by atoms with Crippen molar-refractivity contribution in [2.45, 2.75) is 40.2 Å². The first kappa shape index (κ1) is 27.4. The molecule has 0 bridgehead atoms. The first-order valence-electron chi connectivity index (χ1n) is 12.6. The van der Waals surface area contributed by atoms with Crippen molar-refractivity contribution in [3.8, 4) is 0 Å². The number of nitrogens with one attached hydrogen (secondary N) is 1. The van der Waals surface area contributed by atoms with E-state index in [1.807, 2.05) is 62.6 Å². The summed E-state index contributed by atoms with van der Waals surface area (Å²) in [5.74, 6) is 1.51. The number of benzene rings is 2. The number of hydrogen-bond donors (Lipinski definition) is 1.